The Bertz CT molecular complexity index is 432. The van der Waals surface area contributed by atoms with E-state index in [4.69, 9.17) is 5.73 Å². The van der Waals surface area contributed by atoms with E-state index in [1.54, 1.807) is 0 Å². The van der Waals surface area contributed by atoms with Crippen LogP contribution >= 0.6 is 0 Å². The zero-order chi connectivity index (χ0) is 11.4. The van der Waals surface area contributed by atoms with Gasteiger partial charge in [-0.25, -0.2) is 15.0 Å². The summed E-state index contributed by atoms with van der Waals surface area (Å²) in [4.78, 5) is 23.0. The lowest BCUT2D eigenvalue weighted by Crippen LogP contribution is -2.24. The van der Waals surface area contributed by atoms with E-state index in [0.29, 0.717) is 5.82 Å². The Labute approximate surface area is 92.4 Å². The highest BCUT2D eigenvalue weighted by Gasteiger charge is 2.22. The van der Waals surface area contributed by atoms with Crippen LogP contribution in [-0.2, 0) is 4.79 Å². The largest absolute Gasteiger partial charge is 0.369 e. The number of hydrogen-bond donors (Lipinski definition) is 1. The molecule has 1 unspecified atom stereocenters. The molecule has 80 valence electrons. The van der Waals surface area contributed by atoms with Crippen LogP contribution in [0.5, 0.6) is 0 Å². The Morgan fingerprint density at radius 2 is 1.75 bits per heavy atom. The van der Waals surface area contributed by atoms with Gasteiger partial charge in [0.2, 0.25) is 5.91 Å². The van der Waals surface area contributed by atoms with Gasteiger partial charge in [-0.1, -0.05) is 30.3 Å². The van der Waals surface area contributed by atoms with Crippen molar-refractivity contribution in [1.29, 1.82) is 0 Å². The molecule has 5 heteroatoms. The summed E-state index contributed by atoms with van der Waals surface area (Å²) in [6.45, 7) is 0. The first-order chi connectivity index (χ1) is 7.79. The third-order valence-electron chi connectivity index (χ3n) is 2.19. The molecule has 2 rings (SSSR count). The van der Waals surface area contributed by atoms with Crippen LogP contribution in [0.2, 0.25) is 0 Å². The van der Waals surface area contributed by atoms with E-state index in [0.717, 1.165) is 5.56 Å². The highest BCUT2D eigenvalue weighted by atomic mass is 16.1. The molecular weight excluding hydrogens is 204 g/mol. The van der Waals surface area contributed by atoms with E-state index in [1.807, 2.05) is 30.3 Å². The van der Waals surface area contributed by atoms with Gasteiger partial charge >= 0.3 is 0 Å². The van der Waals surface area contributed by atoms with Gasteiger partial charge in [-0.15, -0.1) is 0 Å². The smallest absolute Gasteiger partial charge is 0.232 e. The minimum Gasteiger partial charge on any atom is -0.369 e. The quantitative estimate of drug-likeness (QED) is 0.806. The van der Waals surface area contributed by atoms with Crippen LogP contribution in [0.4, 0.5) is 0 Å². The molecule has 0 aliphatic heterocycles. The first-order valence-corrected chi connectivity index (χ1v) is 4.75. The molecule has 1 aromatic heterocycles. The summed E-state index contributed by atoms with van der Waals surface area (Å²) in [5.41, 5.74) is 6.14. The molecular formula is C11H10N4O. The molecule has 2 aromatic rings. The second-order valence-corrected chi connectivity index (χ2v) is 3.24. The number of carbonyl (C=O) groups excluding carboxylic acids is 1. The molecule has 0 aliphatic rings. The van der Waals surface area contributed by atoms with Crippen molar-refractivity contribution in [2.75, 3.05) is 0 Å². The molecule has 0 aliphatic carbocycles. The van der Waals surface area contributed by atoms with Crippen LogP contribution in [0.3, 0.4) is 0 Å². The van der Waals surface area contributed by atoms with Gasteiger partial charge in [0.15, 0.2) is 0 Å². The molecule has 5 nitrogen and oxygen atoms in total. The summed E-state index contributed by atoms with van der Waals surface area (Å²) < 4.78 is 0. The number of aromatic nitrogens is 3. The van der Waals surface area contributed by atoms with Gasteiger partial charge in [-0.05, 0) is 5.56 Å². The van der Waals surface area contributed by atoms with E-state index in [1.165, 1.54) is 12.7 Å². The molecule has 0 fully saturated rings. The Balaban J connectivity index is 2.44. The van der Waals surface area contributed by atoms with Crippen molar-refractivity contribution < 1.29 is 4.79 Å². The summed E-state index contributed by atoms with van der Waals surface area (Å²) in [6, 6.07) is 9.19. The Kier molecular flexibility index (Phi) is 2.86. The van der Waals surface area contributed by atoms with Gasteiger partial charge in [-0.2, -0.15) is 0 Å². The fraction of sp³-hybridized carbons (Fsp3) is 0.0909. The maximum absolute atomic E-state index is 11.4. The molecule has 16 heavy (non-hydrogen) atoms. The maximum Gasteiger partial charge on any atom is 0.232 e. The second kappa shape index (κ2) is 4.48. The lowest BCUT2D eigenvalue weighted by molar-refractivity contribution is -0.118. The molecule has 0 radical (unpaired) electrons. The van der Waals surface area contributed by atoms with Crippen molar-refractivity contribution in [1.82, 2.24) is 15.0 Å². The number of rotatable bonds is 3. The zero-order valence-electron chi connectivity index (χ0n) is 8.45. The molecule has 0 spiro atoms. The Morgan fingerprint density at radius 1 is 1.12 bits per heavy atom. The molecule has 2 N–H and O–H groups in total. The number of amides is 1. The van der Waals surface area contributed by atoms with Crippen molar-refractivity contribution in [3.63, 3.8) is 0 Å². The monoisotopic (exact) mass is 214 g/mol. The summed E-state index contributed by atoms with van der Waals surface area (Å²) >= 11 is 0. The van der Waals surface area contributed by atoms with Crippen LogP contribution < -0.4 is 5.73 Å². The predicted molar refractivity (Wildman–Crippen MR) is 57.3 cm³/mol. The lowest BCUT2D eigenvalue weighted by Gasteiger charge is -2.11. The van der Waals surface area contributed by atoms with Gasteiger partial charge in [0.1, 0.15) is 24.4 Å². The number of carbonyl (C=O) groups is 1. The average Bonchev–Trinajstić information content (AvgIpc) is 2.31. The summed E-state index contributed by atoms with van der Waals surface area (Å²) in [6.07, 6.45) is 2.70. The molecule has 0 saturated carbocycles. The van der Waals surface area contributed by atoms with Crippen molar-refractivity contribution in [3.05, 3.63) is 54.4 Å². The molecule has 1 amide bonds. The zero-order valence-corrected chi connectivity index (χ0v) is 8.45. The molecule has 0 bridgehead atoms. The molecule has 1 heterocycles. The maximum atomic E-state index is 11.4. The first kappa shape index (κ1) is 10.2. The highest BCUT2D eigenvalue weighted by Crippen LogP contribution is 2.20. The molecule has 1 atom stereocenters. The fourth-order valence-corrected chi connectivity index (χ4v) is 1.48. The van der Waals surface area contributed by atoms with E-state index >= 15 is 0 Å². The van der Waals surface area contributed by atoms with Crippen LogP contribution in [0, 0.1) is 0 Å². The Hall–Kier alpha value is -2.30. The SMILES string of the molecule is NC(=O)C(c1ccccc1)c1ncncn1. The van der Waals surface area contributed by atoms with Gasteiger partial charge in [0.25, 0.3) is 0 Å². The van der Waals surface area contributed by atoms with Crippen molar-refractivity contribution >= 4 is 5.91 Å². The minimum absolute atomic E-state index is 0.369. The normalized spacial score (nSPS) is 12.0. The molecule has 1 aromatic carbocycles. The van der Waals surface area contributed by atoms with Crippen LogP contribution in [-0.4, -0.2) is 20.9 Å². The van der Waals surface area contributed by atoms with Crippen molar-refractivity contribution in [2.24, 2.45) is 5.73 Å². The summed E-state index contributed by atoms with van der Waals surface area (Å²) in [7, 11) is 0. The number of primary amides is 1. The van der Waals surface area contributed by atoms with E-state index in [9.17, 15) is 4.79 Å². The van der Waals surface area contributed by atoms with Gasteiger partial charge in [0, 0.05) is 0 Å². The summed E-state index contributed by atoms with van der Waals surface area (Å²) in [5, 5.41) is 0. The first-order valence-electron chi connectivity index (χ1n) is 4.75. The van der Waals surface area contributed by atoms with Crippen molar-refractivity contribution in [2.45, 2.75) is 5.92 Å². The van der Waals surface area contributed by atoms with E-state index < -0.39 is 11.8 Å². The minimum atomic E-state index is -0.621. The number of hydrogen-bond acceptors (Lipinski definition) is 4. The topological polar surface area (TPSA) is 81.8 Å². The van der Waals surface area contributed by atoms with Crippen LogP contribution in [0.1, 0.15) is 17.3 Å². The fourth-order valence-electron chi connectivity index (χ4n) is 1.48. The van der Waals surface area contributed by atoms with Gasteiger partial charge in [-0.3, -0.25) is 4.79 Å². The van der Waals surface area contributed by atoms with Gasteiger partial charge in [0.05, 0.1) is 0 Å². The van der Waals surface area contributed by atoms with Crippen molar-refractivity contribution in [3.8, 4) is 0 Å². The number of nitrogens with two attached hydrogens (primary N) is 1. The van der Waals surface area contributed by atoms with E-state index in [-0.39, 0.29) is 0 Å². The highest BCUT2D eigenvalue weighted by molar-refractivity contribution is 5.84. The number of benzene rings is 1. The number of nitrogens with zero attached hydrogens (tertiary/aromatic N) is 3. The second-order valence-electron chi connectivity index (χ2n) is 3.24. The standard InChI is InChI=1S/C11H10N4O/c12-10(16)9(8-4-2-1-3-5-8)11-14-6-13-7-15-11/h1-7,9H,(H2,12,16). The van der Waals surface area contributed by atoms with Crippen LogP contribution in [0.15, 0.2) is 43.0 Å². The average molecular weight is 214 g/mol. The summed E-state index contributed by atoms with van der Waals surface area (Å²) in [5.74, 6) is -0.727. The van der Waals surface area contributed by atoms with Crippen LogP contribution in [0.25, 0.3) is 0 Å². The third-order valence-corrected chi connectivity index (χ3v) is 2.19. The van der Waals surface area contributed by atoms with Gasteiger partial charge < -0.3 is 5.73 Å². The lowest BCUT2D eigenvalue weighted by atomic mass is 9.98. The molecule has 0 saturated heterocycles. The Morgan fingerprint density at radius 3 is 2.31 bits per heavy atom. The van der Waals surface area contributed by atoms with E-state index in [2.05, 4.69) is 15.0 Å². The third kappa shape index (κ3) is 2.03. The predicted octanol–water partition coefficient (Wildman–Crippen LogP) is 0.489.